The molecule has 0 spiro atoms. The molecule has 2 rings (SSSR count). The Labute approximate surface area is 127 Å². The molecule has 0 unspecified atom stereocenters. The van der Waals surface area contributed by atoms with Crippen LogP contribution in [0, 0.1) is 13.8 Å². The predicted octanol–water partition coefficient (Wildman–Crippen LogP) is 2.88. The van der Waals surface area contributed by atoms with Gasteiger partial charge >= 0.3 is 0 Å². The Balaban J connectivity index is 2.36. The molecule has 0 radical (unpaired) electrons. The number of hydrogen-bond acceptors (Lipinski definition) is 4. The van der Waals surface area contributed by atoms with Crippen LogP contribution >= 0.6 is 22.9 Å². The minimum atomic E-state index is -0.721. The number of aromatic nitrogens is 1. The summed E-state index contributed by atoms with van der Waals surface area (Å²) in [5.74, 6) is 0. The first-order valence-electron chi connectivity index (χ1n) is 6.41. The van der Waals surface area contributed by atoms with Gasteiger partial charge in [-0.3, -0.25) is 0 Å². The van der Waals surface area contributed by atoms with Crippen LogP contribution in [-0.2, 0) is 11.8 Å². The van der Waals surface area contributed by atoms with Gasteiger partial charge in [0.15, 0.2) is 0 Å². The summed E-state index contributed by atoms with van der Waals surface area (Å²) in [7, 11) is 0. The normalized spacial score (nSPS) is 11.8. The monoisotopic (exact) mass is 311 g/mol. The average molecular weight is 312 g/mol. The van der Waals surface area contributed by atoms with Crippen molar-refractivity contribution in [1.82, 2.24) is 4.98 Å². The summed E-state index contributed by atoms with van der Waals surface area (Å²) >= 11 is 7.51. The summed E-state index contributed by atoms with van der Waals surface area (Å²) < 4.78 is 0. The highest BCUT2D eigenvalue weighted by Crippen LogP contribution is 2.31. The van der Waals surface area contributed by atoms with Gasteiger partial charge in [0.1, 0.15) is 0 Å². The van der Waals surface area contributed by atoms with Gasteiger partial charge in [-0.05, 0) is 31.5 Å². The van der Waals surface area contributed by atoms with Gasteiger partial charge in [-0.15, -0.1) is 11.3 Å². The Morgan fingerprint density at radius 1 is 1.15 bits per heavy atom. The number of thiazole rings is 1. The molecule has 0 atom stereocenters. The van der Waals surface area contributed by atoms with Crippen molar-refractivity contribution in [2.75, 3.05) is 13.2 Å². The molecular formula is C15H18ClNO2S. The molecule has 0 aliphatic carbocycles. The lowest BCUT2D eigenvalue weighted by Crippen LogP contribution is -2.37. The first kappa shape index (κ1) is 15.4. The fourth-order valence-corrected chi connectivity index (χ4v) is 3.36. The fourth-order valence-electron chi connectivity index (χ4n) is 2.15. The number of hydrogen-bond donors (Lipinski definition) is 2. The topological polar surface area (TPSA) is 53.4 Å². The van der Waals surface area contributed by atoms with Gasteiger partial charge in [0, 0.05) is 21.7 Å². The standard InChI is InChI=1S/C15H18ClNO2S/c1-10-11(2)20-14(17-10)7-15(8-18,9-19)12-3-5-13(16)6-4-12/h3-6,18-19H,7-9H2,1-2H3. The quantitative estimate of drug-likeness (QED) is 0.892. The maximum Gasteiger partial charge on any atom is 0.0941 e. The van der Waals surface area contributed by atoms with Crippen molar-refractivity contribution in [3.63, 3.8) is 0 Å². The smallest absolute Gasteiger partial charge is 0.0941 e. The predicted molar refractivity (Wildman–Crippen MR) is 82.6 cm³/mol. The molecule has 0 saturated heterocycles. The summed E-state index contributed by atoms with van der Waals surface area (Å²) in [4.78, 5) is 5.67. The van der Waals surface area contributed by atoms with E-state index in [0.717, 1.165) is 16.3 Å². The van der Waals surface area contributed by atoms with E-state index in [4.69, 9.17) is 11.6 Å². The van der Waals surface area contributed by atoms with Crippen LogP contribution in [0.2, 0.25) is 5.02 Å². The molecule has 3 nitrogen and oxygen atoms in total. The molecule has 1 heterocycles. The summed E-state index contributed by atoms with van der Waals surface area (Å²) in [6, 6.07) is 7.24. The second kappa shape index (κ2) is 6.22. The average Bonchev–Trinajstić information content (AvgIpc) is 2.76. The molecule has 1 aromatic heterocycles. The van der Waals surface area contributed by atoms with Crippen molar-refractivity contribution in [2.45, 2.75) is 25.7 Å². The number of aryl methyl sites for hydroxylation is 2. The van der Waals surface area contributed by atoms with Crippen molar-refractivity contribution in [3.8, 4) is 0 Å². The van der Waals surface area contributed by atoms with Gasteiger partial charge in [0.2, 0.25) is 0 Å². The number of halogens is 1. The molecule has 0 aliphatic heterocycles. The van der Waals surface area contributed by atoms with E-state index in [1.807, 2.05) is 26.0 Å². The lowest BCUT2D eigenvalue weighted by atomic mass is 9.79. The third-order valence-electron chi connectivity index (χ3n) is 3.62. The molecule has 0 aliphatic rings. The van der Waals surface area contributed by atoms with Gasteiger partial charge in [-0.25, -0.2) is 4.98 Å². The lowest BCUT2D eigenvalue weighted by molar-refractivity contribution is 0.116. The van der Waals surface area contributed by atoms with Crippen molar-refractivity contribution < 1.29 is 10.2 Å². The van der Waals surface area contributed by atoms with Crippen LogP contribution in [0.3, 0.4) is 0 Å². The first-order chi connectivity index (χ1) is 9.50. The molecule has 0 saturated carbocycles. The first-order valence-corrected chi connectivity index (χ1v) is 7.61. The Hall–Kier alpha value is -0.940. The maximum absolute atomic E-state index is 9.82. The molecule has 5 heteroatoms. The molecule has 0 fully saturated rings. The van der Waals surface area contributed by atoms with Crippen molar-refractivity contribution in [1.29, 1.82) is 0 Å². The highest BCUT2D eigenvalue weighted by atomic mass is 35.5. The molecule has 2 aromatic rings. The number of benzene rings is 1. The third-order valence-corrected chi connectivity index (χ3v) is 4.95. The summed E-state index contributed by atoms with van der Waals surface area (Å²) in [5.41, 5.74) is 1.16. The zero-order valence-corrected chi connectivity index (χ0v) is 13.1. The van der Waals surface area contributed by atoms with E-state index < -0.39 is 5.41 Å². The fraction of sp³-hybridized carbons (Fsp3) is 0.400. The SMILES string of the molecule is Cc1nc(CC(CO)(CO)c2ccc(Cl)cc2)sc1C. The summed E-state index contributed by atoms with van der Waals surface area (Å²) in [6.07, 6.45) is 0.515. The van der Waals surface area contributed by atoms with Crippen LogP contribution in [-0.4, -0.2) is 28.4 Å². The summed E-state index contributed by atoms with van der Waals surface area (Å²) in [5, 5.41) is 21.2. The highest BCUT2D eigenvalue weighted by Gasteiger charge is 2.32. The summed E-state index contributed by atoms with van der Waals surface area (Å²) in [6.45, 7) is 3.72. The maximum atomic E-state index is 9.82. The van der Waals surface area contributed by atoms with Gasteiger partial charge in [-0.2, -0.15) is 0 Å². The molecule has 20 heavy (non-hydrogen) atoms. The molecule has 0 bridgehead atoms. The van der Waals surface area contributed by atoms with Crippen LogP contribution in [0.5, 0.6) is 0 Å². The van der Waals surface area contributed by atoms with Crippen LogP contribution in [0.4, 0.5) is 0 Å². The number of aliphatic hydroxyl groups is 2. The van der Waals surface area contributed by atoms with Gasteiger partial charge in [0.25, 0.3) is 0 Å². The highest BCUT2D eigenvalue weighted by molar-refractivity contribution is 7.11. The third kappa shape index (κ3) is 3.04. The van der Waals surface area contributed by atoms with Crippen molar-refractivity contribution in [2.24, 2.45) is 0 Å². The Morgan fingerprint density at radius 3 is 2.20 bits per heavy atom. The minimum Gasteiger partial charge on any atom is -0.395 e. The van der Waals surface area contributed by atoms with E-state index >= 15 is 0 Å². The Kier molecular flexibility index (Phi) is 4.81. The number of nitrogens with zero attached hydrogens (tertiary/aromatic N) is 1. The van der Waals surface area contributed by atoms with Gasteiger partial charge < -0.3 is 10.2 Å². The van der Waals surface area contributed by atoms with E-state index in [1.54, 1.807) is 23.5 Å². The van der Waals surface area contributed by atoms with E-state index in [1.165, 1.54) is 4.88 Å². The molecular weight excluding hydrogens is 294 g/mol. The molecule has 1 aromatic carbocycles. The zero-order valence-electron chi connectivity index (χ0n) is 11.6. The second-order valence-electron chi connectivity index (χ2n) is 5.03. The van der Waals surface area contributed by atoms with E-state index in [2.05, 4.69) is 4.98 Å². The van der Waals surface area contributed by atoms with E-state index in [0.29, 0.717) is 11.4 Å². The zero-order chi connectivity index (χ0) is 14.8. The van der Waals surface area contributed by atoms with Crippen molar-refractivity contribution in [3.05, 3.63) is 50.4 Å². The van der Waals surface area contributed by atoms with Crippen LogP contribution in [0.15, 0.2) is 24.3 Å². The number of aliphatic hydroxyl groups excluding tert-OH is 2. The van der Waals surface area contributed by atoms with Crippen LogP contribution in [0.1, 0.15) is 21.1 Å². The minimum absolute atomic E-state index is 0.136. The Morgan fingerprint density at radius 2 is 1.75 bits per heavy atom. The van der Waals surface area contributed by atoms with Crippen LogP contribution < -0.4 is 0 Å². The van der Waals surface area contributed by atoms with Crippen molar-refractivity contribution >= 4 is 22.9 Å². The second-order valence-corrected chi connectivity index (χ2v) is 6.75. The molecule has 108 valence electrons. The van der Waals surface area contributed by atoms with E-state index in [9.17, 15) is 10.2 Å². The van der Waals surface area contributed by atoms with Gasteiger partial charge in [-0.1, -0.05) is 23.7 Å². The molecule has 2 N–H and O–H groups in total. The molecule has 0 amide bonds. The number of rotatable bonds is 5. The largest absolute Gasteiger partial charge is 0.395 e. The van der Waals surface area contributed by atoms with Gasteiger partial charge in [0.05, 0.1) is 23.9 Å². The van der Waals surface area contributed by atoms with E-state index in [-0.39, 0.29) is 13.2 Å². The lowest BCUT2D eigenvalue weighted by Gasteiger charge is -2.29. The van der Waals surface area contributed by atoms with Crippen LogP contribution in [0.25, 0.3) is 0 Å². The Bertz CT molecular complexity index is 557.